The van der Waals surface area contributed by atoms with Gasteiger partial charge in [-0.2, -0.15) is 0 Å². The molecule has 0 fully saturated rings. The summed E-state index contributed by atoms with van der Waals surface area (Å²) >= 11 is 0. The minimum absolute atomic E-state index is 0.126. The average Bonchev–Trinajstić information content (AvgIpc) is 2.76. The molecule has 0 aromatic heterocycles. The monoisotopic (exact) mass is 250 g/mol. The third-order valence-electron chi connectivity index (χ3n) is 3.37. The highest BCUT2D eigenvalue weighted by Gasteiger charge is 2.24. The highest BCUT2D eigenvalue weighted by molar-refractivity contribution is 6.15. The molecule has 94 valence electrons. The van der Waals surface area contributed by atoms with Crippen LogP contribution in [0.3, 0.4) is 0 Å². The molecule has 2 aromatic rings. The van der Waals surface area contributed by atoms with Gasteiger partial charge in [0.1, 0.15) is 5.75 Å². The van der Waals surface area contributed by atoms with E-state index in [0.29, 0.717) is 6.42 Å². The molecule has 0 atom stereocenters. The summed E-state index contributed by atoms with van der Waals surface area (Å²) in [4.78, 5) is 12.3. The number of Topliss-reactive ketones (excluding diaryl/α,β-unsaturated/α-hetero) is 1. The largest absolute Gasteiger partial charge is 0.497 e. The fraction of sp³-hybridized carbons (Fsp3) is 0.118. The SMILES string of the molecule is COc1ccc2c(c1)C/C(=C\c1ccccc1)C2=O. The number of hydrogen-bond acceptors (Lipinski definition) is 2. The number of fused-ring (bicyclic) bond motifs is 1. The zero-order valence-corrected chi connectivity index (χ0v) is 10.7. The Morgan fingerprint density at radius 1 is 1.11 bits per heavy atom. The minimum atomic E-state index is 0.126. The first kappa shape index (κ1) is 11.7. The van der Waals surface area contributed by atoms with E-state index in [9.17, 15) is 4.79 Å². The predicted molar refractivity (Wildman–Crippen MR) is 75.4 cm³/mol. The summed E-state index contributed by atoms with van der Waals surface area (Å²) in [7, 11) is 1.64. The molecule has 0 N–H and O–H groups in total. The lowest BCUT2D eigenvalue weighted by molar-refractivity contribution is 0.104. The Kier molecular flexibility index (Phi) is 2.92. The Bertz CT molecular complexity index is 654. The van der Waals surface area contributed by atoms with Crippen LogP contribution in [0.15, 0.2) is 54.1 Å². The van der Waals surface area contributed by atoms with Crippen LogP contribution < -0.4 is 4.74 Å². The lowest BCUT2D eigenvalue weighted by Crippen LogP contribution is -1.95. The summed E-state index contributed by atoms with van der Waals surface area (Å²) in [5.41, 5.74) is 3.74. The Labute approximate surface area is 112 Å². The molecule has 0 saturated heterocycles. The number of ketones is 1. The van der Waals surface area contributed by atoms with Crippen LogP contribution in [-0.2, 0) is 6.42 Å². The average molecular weight is 250 g/mol. The molecule has 0 spiro atoms. The molecule has 1 aliphatic rings. The van der Waals surface area contributed by atoms with Crippen molar-refractivity contribution in [2.24, 2.45) is 0 Å². The molecule has 0 amide bonds. The second-order valence-corrected chi connectivity index (χ2v) is 4.61. The number of methoxy groups -OCH3 is 1. The molecule has 0 radical (unpaired) electrons. The van der Waals surface area contributed by atoms with Gasteiger partial charge in [0.15, 0.2) is 5.78 Å². The molecule has 2 aromatic carbocycles. The Morgan fingerprint density at radius 3 is 2.63 bits per heavy atom. The van der Waals surface area contributed by atoms with Crippen LogP contribution >= 0.6 is 0 Å². The zero-order valence-electron chi connectivity index (χ0n) is 10.7. The van der Waals surface area contributed by atoms with Gasteiger partial charge in [0.25, 0.3) is 0 Å². The summed E-state index contributed by atoms with van der Waals surface area (Å²) in [5, 5.41) is 0. The minimum Gasteiger partial charge on any atom is -0.497 e. The summed E-state index contributed by atoms with van der Waals surface area (Å²) in [6.45, 7) is 0. The van der Waals surface area contributed by atoms with Crippen molar-refractivity contribution < 1.29 is 9.53 Å². The topological polar surface area (TPSA) is 26.3 Å². The van der Waals surface area contributed by atoms with Crippen LogP contribution in [0.5, 0.6) is 5.75 Å². The van der Waals surface area contributed by atoms with Crippen molar-refractivity contribution in [3.05, 3.63) is 70.8 Å². The van der Waals surface area contributed by atoms with E-state index in [1.165, 1.54) is 0 Å². The highest BCUT2D eigenvalue weighted by Crippen LogP contribution is 2.30. The Hall–Kier alpha value is -2.35. The fourth-order valence-corrected chi connectivity index (χ4v) is 2.39. The van der Waals surface area contributed by atoms with Crippen molar-refractivity contribution in [1.29, 1.82) is 0 Å². The molecule has 2 nitrogen and oxygen atoms in total. The third-order valence-corrected chi connectivity index (χ3v) is 3.37. The van der Waals surface area contributed by atoms with Gasteiger partial charge in [0, 0.05) is 17.6 Å². The maximum atomic E-state index is 12.3. The normalized spacial score (nSPS) is 15.6. The quantitative estimate of drug-likeness (QED) is 0.762. The first-order valence-corrected chi connectivity index (χ1v) is 6.25. The second-order valence-electron chi connectivity index (χ2n) is 4.61. The molecular formula is C17H14O2. The van der Waals surface area contributed by atoms with E-state index in [-0.39, 0.29) is 5.78 Å². The standard InChI is InChI=1S/C17H14O2/c1-19-15-7-8-16-13(11-15)10-14(17(16)18)9-12-5-3-2-4-6-12/h2-9,11H,10H2,1H3/b14-9+. The summed E-state index contributed by atoms with van der Waals surface area (Å²) in [5.74, 6) is 0.925. The maximum Gasteiger partial charge on any atom is 0.189 e. The van der Waals surface area contributed by atoms with Gasteiger partial charge >= 0.3 is 0 Å². The smallest absolute Gasteiger partial charge is 0.189 e. The van der Waals surface area contributed by atoms with Crippen LogP contribution in [0.2, 0.25) is 0 Å². The number of hydrogen-bond donors (Lipinski definition) is 0. The van der Waals surface area contributed by atoms with Gasteiger partial charge in [0.2, 0.25) is 0 Å². The summed E-state index contributed by atoms with van der Waals surface area (Å²) in [6, 6.07) is 15.6. The molecule has 0 unspecified atom stereocenters. The summed E-state index contributed by atoms with van der Waals surface area (Å²) < 4.78 is 5.20. The van der Waals surface area contributed by atoms with Crippen molar-refractivity contribution in [3.63, 3.8) is 0 Å². The molecule has 0 heterocycles. The van der Waals surface area contributed by atoms with E-state index in [1.54, 1.807) is 7.11 Å². The van der Waals surface area contributed by atoms with Gasteiger partial charge < -0.3 is 4.74 Å². The van der Waals surface area contributed by atoms with E-state index in [2.05, 4.69) is 0 Å². The zero-order chi connectivity index (χ0) is 13.2. The first-order valence-electron chi connectivity index (χ1n) is 6.25. The van der Waals surface area contributed by atoms with Gasteiger partial charge in [0.05, 0.1) is 7.11 Å². The number of rotatable bonds is 2. The van der Waals surface area contributed by atoms with Gasteiger partial charge in [-0.3, -0.25) is 4.79 Å². The van der Waals surface area contributed by atoms with Crippen molar-refractivity contribution in [3.8, 4) is 5.75 Å². The molecule has 0 aliphatic heterocycles. The predicted octanol–water partition coefficient (Wildman–Crippen LogP) is 3.52. The Morgan fingerprint density at radius 2 is 1.89 bits per heavy atom. The number of allylic oxidation sites excluding steroid dienone is 1. The van der Waals surface area contributed by atoms with E-state index in [1.807, 2.05) is 54.6 Å². The third kappa shape index (κ3) is 2.17. The number of carbonyl (C=O) groups excluding carboxylic acids is 1. The van der Waals surface area contributed by atoms with Gasteiger partial charge in [-0.05, 0) is 35.4 Å². The molecule has 19 heavy (non-hydrogen) atoms. The van der Waals surface area contributed by atoms with Crippen LogP contribution in [0, 0.1) is 0 Å². The number of carbonyl (C=O) groups is 1. The maximum absolute atomic E-state index is 12.3. The number of ether oxygens (including phenoxy) is 1. The van der Waals surface area contributed by atoms with E-state index < -0.39 is 0 Å². The van der Waals surface area contributed by atoms with Gasteiger partial charge in [-0.25, -0.2) is 0 Å². The van der Waals surface area contributed by atoms with Crippen LogP contribution in [0.25, 0.3) is 6.08 Å². The lowest BCUT2D eigenvalue weighted by atomic mass is 10.1. The fourth-order valence-electron chi connectivity index (χ4n) is 2.39. The Balaban J connectivity index is 1.97. The van der Waals surface area contributed by atoms with E-state index >= 15 is 0 Å². The molecule has 3 rings (SSSR count). The number of benzene rings is 2. The molecule has 0 saturated carbocycles. The molecular weight excluding hydrogens is 236 g/mol. The van der Waals surface area contributed by atoms with Gasteiger partial charge in [-0.15, -0.1) is 0 Å². The van der Waals surface area contributed by atoms with Crippen LogP contribution in [-0.4, -0.2) is 12.9 Å². The van der Waals surface area contributed by atoms with Crippen molar-refractivity contribution in [1.82, 2.24) is 0 Å². The van der Waals surface area contributed by atoms with Crippen molar-refractivity contribution in [2.45, 2.75) is 6.42 Å². The van der Waals surface area contributed by atoms with Crippen molar-refractivity contribution in [2.75, 3.05) is 7.11 Å². The van der Waals surface area contributed by atoms with Crippen LogP contribution in [0.1, 0.15) is 21.5 Å². The highest BCUT2D eigenvalue weighted by atomic mass is 16.5. The van der Waals surface area contributed by atoms with E-state index in [4.69, 9.17) is 4.74 Å². The lowest BCUT2D eigenvalue weighted by Gasteiger charge is -2.01. The van der Waals surface area contributed by atoms with Crippen molar-refractivity contribution >= 4 is 11.9 Å². The molecule has 0 bridgehead atoms. The molecule has 1 aliphatic carbocycles. The first-order chi connectivity index (χ1) is 9.28. The van der Waals surface area contributed by atoms with Gasteiger partial charge in [-0.1, -0.05) is 30.3 Å². The van der Waals surface area contributed by atoms with E-state index in [0.717, 1.165) is 28.0 Å². The van der Waals surface area contributed by atoms with Crippen LogP contribution in [0.4, 0.5) is 0 Å². The summed E-state index contributed by atoms with van der Waals surface area (Å²) in [6.07, 6.45) is 2.65. The molecule has 2 heteroatoms. The second kappa shape index (κ2) is 4.73.